The van der Waals surface area contributed by atoms with Gasteiger partial charge in [-0.2, -0.15) is 0 Å². The highest BCUT2D eigenvalue weighted by Crippen LogP contribution is 2.38. The summed E-state index contributed by atoms with van der Waals surface area (Å²) in [6.07, 6.45) is 4.75. The maximum Gasteiger partial charge on any atom is 0.312 e. The Balaban J connectivity index is 0.000000236. The van der Waals surface area contributed by atoms with Crippen LogP contribution in [0.2, 0.25) is 0 Å². The summed E-state index contributed by atoms with van der Waals surface area (Å²) in [5, 5.41) is 19.8. The minimum Gasteiger partial charge on any atom is -0.496 e. The number of ether oxygens (including phenoxy) is 4. The van der Waals surface area contributed by atoms with Crippen LogP contribution in [0.3, 0.4) is 0 Å². The van der Waals surface area contributed by atoms with Crippen LogP contribution >= 0.6 is 39.5 Å². The van der Waals surface area contributed by atoms with Gasteiger partial charge in [0.2, 0.25) is 0 Å². The molecule has 2 aliphatic rings. The molecule has 8 nitrogen and oxygen atoms in total. The lowest BCUT2D eigenvalue weighted by Crippen LogP contribution is -2.12. The Morgan fingerprint density at radius 3 is 1.81 bits per heavy atom. The molecule has 0 spiro atoms. The number of halogens is 1. The van der Waals surface area contributed by atoms with Gasteiger partial charge in [-0.05, 0) is 68.2 Å². The number of aliphatic hydroxyl groups is 2. The maximum absolute atomic E-state index is 11.8. The number of hydrogen-bond acceptors (Lipinski definition) is 10. The third-order valence-electron chi connectivity index (χ3n) is 7.23. The lowest BCUT2D eigenvalue weighted by Gasteiger charge is -2.16. The molecular formula is C32H39BrO8S2. The SMILES string of the molecule is COC(=O)C(C)c1cc(Br)c(C=C2SCCC2O)cc1OC.COC(=O)C(C)c1ccc(C=C2SCCC2O)cc1OC. The van der Waals surface area contributed by atoms with Crippen LogP contribution in [-0.2, 0) is 19.1 Å². The van der Waals surface area contributed by atoms with Gasteiger partial charge in [0.1, 0.15) is 11.5 Å². The largest absolute Gasteiger partial charge is 0.496 e. The van der Waals surface area contributed by atoms with Gasteiger partial charge in [-0.3, -0.25) is 9.59 Å². The summed E-state index contributed by atoms with van der Waals surface area (Å²) < 4.78 is 21.2. The molecule has 2 heterocycles. The van der Waals surface area contributed by atoms with Crippen LogP contribution in [0.1, 0.15) is 60.8 Å². The minimum absolute atomic E-state index is 0.291. The number of aliphatic hydroxyl groups excluding tert-OH is 2. The highest BCUT2D eigenvalue weighted by molar-refractivity contribution is 9.10. The first-order valence-electron chi connectivity index (χ1n) is 13.8. The second-order valence-corrected chi connectivity index (χ2v) is 13.2. The molecule has 2 saturated heterocycles. The molecule has 4 rings (SSSR count). The first-order chi connectivity index (χ1) is 20.5. The average molecular weight is 696 g/mol. The zero-order valence-corrected chi connectivity index (χ0v) is 28.4. The summed E-state index contributed by atoms with van der Waals surface area (Å²) in [6, 6.07) is 9.43. The summed E-state index contributed by atoms with van der Waals surface area (Å²) in [5.74, 6) is 1.77. The summed E-state index contributed by atoms with van der Waals surface area (Å²) >= 11 is 6.87. The highest BCUT2D eigenvalue weighted by Gasteiger charge is 2.24. The van der Waals surface area contributed by atoms with E-state index in [0.29, 0.717) is 11.5 Å². The summed E-state index contributed by atoms with van der Waals surface area (Å²) in [7, 11) is 5.91. The van der Waals surface area contributed by atoms with E-state index in [-0.39, 0.29) is 24.0 Å². The molecule has 0 amide bonds. The number of hydrogen-bond donors (Lipinski definition) is 2. The number of esters is 2. The molecule has 2 aromatic carbocycles. The van der Waals surface area contributed by atoms with Crippen molar-refractivity contribution in [3.8, 4) is 11.5 Å². The van der Waals surface area contributed by atoms with Gasteiger partial charge in [-0.15, -0.1) is 23.5 Å². The van der Waals surface area contributed by atoms with Gasteiger partial charge in [-0.1, -0.05) is 28.1 Å². The van der Waals surface area contributed by atoms with Gasteiger partial charge in [0.05, 0.1) is 52.5 Å². The van der Waals surface area contributed by atoms with E-state index in [1.807, 2.05) is 42.5 Å². The van der Waals surface area contributed by atoms with Crippen LogP contribution in [0, 0.1) is 0 Å². The zero-order valence-electron chi connectivity index (χ0n) is 25.2. The lowest BCUT2D eigenvalue weighted by atomic mass is 9.98. The van der Waals surface area contributed by atoms with Crippen molar-refractivity contribution in [2.45, 2.75) is 50.7 Å². The van der Waals surface area contributed by atoms with Crippen LogP contribution in [0.4, 0.5) is 0 Å². The van der Waals surface area contributed by atoms with Gasteiger partial charge < -0.3 is 29.2 Å². The summed E-state index contributed by atoms with van der Waals surface area (Å²) in [6.45, 7) is 3.57. The van der Waals surface area contributed by atoms with E-state index in [4.69, 9.17) is 18.9 Å². The van der Waals surface area contributed by atoms with Crippen molar-refractivity contribution < 1.29 is 38.7 Å². The number of methoxy groups -OCH3 is 4. The van der Waals surface area contributed by atoms with Crippen LogP contribution in [0.25, 0.3) is 12.2 Å². The number of carbonyl (C=O) groups is 2. The monoisotopic (exact) mass is 694 g/mol. The Morgan fingerprint density at radius 1 is 0.814 bits per heavy atom. The number of benzene rings is 2. The zero-order chi connectivity index (χ0) is 31.7. The Labute approximate surface area is 270 Å². The maximum atomic E-state index is 11.8. The quantitative estimate of drug-likeness (QED) is 0.302. The van der Waals surface area contributed by atoms with E-state index in [2.05, 4.69) is 15.9 Å². The standard InChI is InChI=1S/C16H19BrO4S.C16H20O4S/c1-9(16(19)21-3)11-8-12(17)10(6-14(11)20-2)7-15-13(18)4-5-22-15;1-10(16(18)20-3)12-5-4-11(8-14(12)19-2)9-15-13(17)6-7-21-15/h6-9,13,18H,4-5H2,1-3H3;4-5,8-10,13,17H,6-7H2,1-3H3. The number of rotatable bonds is 8. The predicted molar refractivity (Wildman–Crippen MR) is 177 cm³/mol. The van der Waals surface area contributed by atoms with E-state index in [1.54, 1.807) is 51.6 Å². The summed E-state index contributed by atoms with van der Waals surface area (Å²) in [5.41, 5.74) is 3.44. The molecule has 0 saturated carbocycles. The van der Waals surface area contributed by atoms with Crippen LogP contribution < -0.4 is 9.47 Å². The van der Waals surface area contributed by atoms with Gasteiger partial charge >= 0.3 is 11.9 Å². The first kappa shape index (κ1) is 35.0. The van der Waals surface area contributed by atoms with Gasteiger partial charge in [0.25, 0.3) is 0 Å². The fraction of sp³-hybridized carbons (Fsp3) is 0.438. The molecule has 0 aliphatic carbocycles. The average Bonchev–Trinajstić information content (AvgIpc) is 3.62. The molecule has 234 valence electrons. The van der Waals surface area contributed by atoms with E-state index >= 15 is 0 Å². The van der Waals surface area contributed by atoms with E-state index in [0.717, 1.165) is 60.9 Å². The predicted octanol–water partition coefficient (Wildman–Crippen LogP) is 6.38. The highest BCUT2D eigenvalue weighted by atomic mass is 79.9. The van der Waals surface area contributed by atoms with E-state index in [1.165, 1.54) is 14.2 Å². The van der Waals surface area contributed by atoms with E-state index in [9.17, 15) is 19.8 Å². The third-order valence-corrected chi connectivity index (χ3v) is 10.2. The molecule has 4 atom stereocenters. The Morgan fingerprint density at radius 2 is 1.33 bits per heavy atom. The molecule has 0 radical (unpaired) electrons. The van der Waals surface area contributed by atoms with Crippen molar-refractivity contribution >= 4 is 63.5 Å². The Kier molecular flexibility index (Phi) is 13.5. The number of carbonyl (C=O) groups excluding carboxylic acids is 2. The molecule has 2 fully saturated rings. The van der Waals surface area contributed by atoms with E-state index < -0.39 is 12.0 Å². The van der Waals surface area contributed by atoms with Gasteiger partial charge in [0.15, 0.2) is 0 Å². The minimum atomic E-state index is -0.413. The smallest absolute Gasteiger partial charge is 0.312 e. The van der Waals surface area contributed by atoms with Crippen molar-refractivity contribution in [1.82, 2.24) is 0 Å². The van der Waals surface area contributed by atoms with Gasteiger partial charge in [-0.25, -0.2) is 0 Å². The second-order valence-electron chi connectivity index (χ2n) is 10.0. The molecule has 2 aromatic rings. The van der Waals surface area contributed by atoms with Crippen molar-refractivity contribution in [3.63, 3.8) is 0 Å². The van der Waals surface area contributed by atoms with Crippen molar-refractivity contribution in [2.24, 2.45) is 0 Å². The van der Waals surface area contributed by atoms with Crippen molar-refractivity contribution in [1.29, 1.82) is 0 Å². The topological polar surface area (TPSA) is 112 Å². The van der Waals surface area contributed by atoms with Crippen molar-refractivity contribution in [3.05, 3.63) is 66.9 Å². The second kappa shape index (κ2) is 16.6. The number of thioether (sulfide) groups is 2. The van der Waals surface area contributed by atoms with Crippen LogP contribution in [0.5, 0.6) is 11.5 Å². The molecule has 4 unspecified atom stereocenters. The molecule has 11 heteroatoms. The Hall–Kier alpha value is -2.44. The normalized spacial score (nSPS) is 21.1. The molecule has 0 bridgehead atoms. The lowest BCUT2D eigenvalue weighted by molar-refractivity contribution is -0.142. The first-order valence-corrected chi connectivity index (χ1v) is 16.6. The molecule has 2 N–H and O–H groups in total. The fourth-order valence-corrected chi connectivity index (χ4v) is 7.32. The van der Waals surface area contributed by atoms with Gasteiger partial charge in [0, 0.05) is 36.9 Å². The Bertz CT molecular complexity index is 1360. The fourth-order valence-electron chi connectivity index (χ4n) is 4.64. The molecule has 2 aliphatic heterocycles. The molecule has 0 aromatic heterocycles. The van der Waals surface area contributed by atoms with Crippen LogP contribution in [0.15, 0.2) is 44.6 Å². The summed E-state index contributed by atoms with van der Waals surface area (Å²) in [4.78, 5) is 25.4. The van der Waals surface area contributed by atoms with Crippen molar-refractivity contribution in [2.75, 3.05) is 39.9 Å². The molecule has 43 heavy (non-hydrogen) atoms. The van der Waals surface area contributed by atoms with Crippen LogP contribution in [-0.4, -0.2) is 74.3 Å². The third kappa shape index (κ3) is 9.04. The molecular weight excluding hydrogens is 656 g/mol.